The molecule has 0 amide bonds. The first-order valence-corrected chi connectivity index (χ1v) is 8.74. The van der Waals surface area contributed by atoms with Gasteiger partial charge in [-0.05, 0) is 31.7 Å². The van der Waals surface area contributed by atoms with Gasteiger partial charge in [0.15, 0.2) is 0 Å². The topological polar surface area (TPSA) is 41.0 Å². The van der Waals surface area contributed by atoms with Gasteiger partial charge in [0.25, 0.3) is 0 Å². The molecule has 1 saturated heterocycles. The molecular formula is C14H16Cl2N4S. The number of nitrogens with one attached hydrogen (secondary N) is 1. The Morgan fingerprint density at radius 3 is 2.76 bits per heavy atom. The van der Waals surface area contributed by atoms with Crippen LogP contribution in [0, 0.1) is 5.92 Å². The van der Waals surface area contributed by atoms with E-state index in [2.05, 4.69) is 25.9 Å². The molecule has 7 heteroatoms. The molecule has 2 heterocycles. The molecule has 2 atom stereocenters. The zero-order valence-corrected chi connectivity index (χ0v) is 14.0. The quantitative estimate of drug-likeness (QED) is 0.905. The van der Waals surface area contributed by atoms with Crippen molar-refractivity contribution in [3.05, 3.63) is 16.1 Å². The van der Waals surface area contributed by atoms with Gasteiger partial charge in [0.05, 0.1) is 27.5 Å². The van der Waals surface area contributed by atoms with Crippen molar-refractivity contribution in [3.8, 4) is 0 Å². The number of hydrogen-bond donors (Lipinski definition) is 1. The first-order chi connectivity index (χ1) is 10.1. The molecule has 1 N–H and O–H groups in total. The highest BCUT2D eigenvalue weighted by Gasteiger charge is 2.37. The summed E-state index contributed by atoms with van der Waals surface area (Å²) >= 11 is 13.9. The van der Waals surface area contributed by atoms with E-state index >= 15 is 0 Å². The fourth-order valence-electron chi connectivity index (χ4n) is 3.15. The third-order valence-electron chi connectivity index (χ3n) is 4.50. The number of halogens is 2. The van der Waals surface area contributed by atoms with Crippen molar-refractivity contribution in [2.24, 2.45) is 5.92 Å². The van der Waals surface area contributed by atoms with Crippen molar-refractivity contribution in [1.82, 2.24) is 14.1 Å². The molecule has 1 aliphatic carbocycles. The first kappa shape index (κ1) is 14.0. The molecule has 21 heavy (non-hydrogen) atoms. The van der Waals surface area contributed by atoms with Gasteiger partial charge in [0.2, 0.25) is 0 Å². The van der Waals surface area contributed by atoms with Crippen LogP contribution in [0.1, 0.15) is 19.8 Å². The maximum Gasteiger partial charge on any atom is 0.131 e. The predicted octanol–water partition coefficient (Wildman–Crippen LogP) is 3.57. The van der Waals surface area contributed by atoms with E-state index in [0.29, 0.717) is 22.1 Å². The lowest BCUT2D eigenvalue weighted by Gasteiger charge is -2.41. The molecule has 2 aliphatic rings. The molecule has 0 bridgehead atoms. The van der Waals surface area contributed by atoms with E-state index in [4.69, 9.17) is 23.2 Å². The summed E-state index contributed by atoms with van der Waals surface area (Å²) in [5, 5.41) is 4.91. The van der Waals surface area contributed by atoms with E-state index in [1.165, 1.54) is 24.6 Å². The molecule has 1 saturated carbocycles. The van der Waals surface area contributed by atoms with Crippen LogP contribution in [0.5, 0.6) is 0 Å². The fraction of sp³-hybridized carbons (Fsp3) is 0.571. The van der Waals surface area contributed by atoms with Crippen LogP contribution in [0.25, 0.3) is 11.0 Å². The van der Waals surface area contributed by atoms with Crippen LogP contribution in [0.15, 0.2) is 6.07 Å². The van der Waals surface area contributed by atoms with Gasteiger partial charge < -0.3 is 10.2 Å². The highest BCUT2D eigenvalue weighted by atomic mass is 35.5. The number of nitrogens with zero attached hydrogens (tertiary/aromatic N) is 3. The maximum absolute atomic E-state index is 6.50. The van der Waals surface area contributed by atoms with Gasteiger partial charge in [-0.1, -0.05) is 23.2 Å². The zero-order valence-electron chi connectivity index (χ0n) is 11.6. The number of aromatic nitrogens is 2. The zero-order chi connectivity index (χ0) is 14.6. The van der Waals surface area contributed by atoms with Crippen LogP contribution in [-0.4, -0.2) is 33.9 Å². The minimum Gasteiger partial charge on any atom is -0.363 e. The van der Waals surface area contributed by atoms with Crippen molar-refractivity contribution in [2.45, 2.75) is 31.8 Å². The van der Waals surface area contributed by atoms with Crippen molar-refractivity contribution in [3.63, 3.8) is 0 Å². The number of fused-ring (bicyclic) bond motifs is 1. The Hall–Kier alpha value is -0.620. The summed E-state index contributed by atoms with van der Waals surface area (Å²) in [7, 11) is 0. The lowest BCUT2D eigenvalue weighted by molar-refractivity contribution is 0.376. The third kappa shape index (κ3) is 2.40. The Bertz CT molecular complexity index is 685. The average Bonchev–Trinajstić information content (AvgIpc) is 3.18. The first-order valence-electron chi connectivity index (χ1n) is 7.25. The minimum atomic E-state index is 0.378. The van der Waals surface area contributed by atoms with E-state index in [-0.39, 0.29) is 0 Å². The Kier molecular flexibility index (Phi) is 3.49. The standard InChI is InChI=1S/C14H16Cl2N4S/c1-7-5-17-11(8-2-3-8)6-20(7)14-10(16)4-9(15)12-13(14)19-21-18-12/h4,7-8,11,17H,2-3,5-6H2,1H3. The molecule has 0 spiro atoms. The van der Waals surface area contributed by atoms with Crippen LogP contribution in [0.2, 0.25) is 10.0 Å². The summed E-state index contributed by atoms with van der Waals surface area (Å²) in [5.74, 6) is 0.815. The smallest absolute Gasteiger partial charge is 0.131 e. The van der Waals surface area contributed by atoms with Crippen molar-refractivity contribution in [1.29, 1.82) is 0 Å². The number of benzene rings is 1. The van der Waals surface area contributed by atoms with Gasteiger partial charge in [0, 0.05) is 25.2 Å². The molecule has 0 radical (unpaired) electrons. The summed E-state index contributed by atoms with van der Waals surface area (Å²) in [6.45, 7) is 4.16. The van der Waals surface area contributed by atoms with Gasteiger partial charge in [-0.3, -0.25) is 0 Å². The fourth-order valence-corrected chi connectivity index (χ4v) is 4.37. The molecule has 4 rings (SSSR count). The monoisotopic (exact) mass is 342 g/mol. The van der Waals surface area contributed by atoms with Crippen LogP contribution < -0.4 is 10.2 Å². The molecule has 2 fully saturated rings. The number of rotatable bonds is 2. The van der Waals surface area contributed by atoms with E-state index in [1.54, 1.807) is 6.07 Å². The Balaban J connectivity index is 1.78. The van der Waals surface area contributed by atoms with E-state index in [1.807, 2.05) is 0 Å². The highest BCUT2D eigenvalue weighted by Crippen LogP contribution is 2.41. The van der Waals surface area contributed by atoms with Gasteiger partial charge in [0.1, 0.15) is 11.0 Å². The SMILES string of the molecule is CC1CNC(C2CC2)CN1c1c(Cl)cc(Cl)c2nsnc12. The second-order valence-corrected chi connectivity index (χ2v) is 7.35. The van der Waals surface area contributed by atoms with Crippen molar-refractivity contribution in [2.75, 3.05) is 18.0 Å². The highest BCUT2D eigenvalue weighted by molar-refractivity contribution is 7.00. The predicted molar refractivity (Wildman–Crippen MR) is 88.8 cm³/mol. The molecule has 1 aromatic heterocycles. The normalized spacial score (nSPS) is 26.5. The van der Waals surface area contributed by atoms with E-state index < -0.39 is 0 Å². The Morgan fingerprint density at radius 1 is 1.24 bits per heavy atom. The molecule has 1 aromatic carbocycles. The molecule has 2 aromatic rings. The molecular weight excluding hydrogens is 327 g/mol. The molecule has 2 unspecified atom stereocenters. The Labute approximate surface area is 137 Å². The largest absolute Gasteiger partial charge is 0.363 e. The summed E-state index contributed by atoms with van der Waals surface area (Å²) in [4.78, 5) is 2.38. The lowest BCUT2D eigenvalue weighted by atomic mass is 10.0. The minimum absolute atomic E-state index is 0.378. The van der Waals surface area contributed by atoms with Crippen LogP contribution in [0.3, 0.4) is 0 Å². The van der Waals surface area contributed by atoms with Gasteiger partial charge in [-0.2, -0.15) is 8.75 Å². The van der Waals surface area contributed by atoms with Gasteiger partial charge in [-0.15, -0.1) is 0 Å². The molecule has 1 aliphatic heterocycles. The lowest BCUT2D eigenvalue weighted by Crippen LogP contribution is -2.56. The van der Waals surface area contributed by atoms with E-state index in [0.717, 1.165) is 35.7 Å². The van der Waals surface area contributed by atoms with Crippen LogP contribution in [0.4, 0.5) is 5.69 Å². The molecule has 4 nitrogen and oxygen atoms in total. The summed E-state index contributed by atoms with van der Waals surface area (Å²) in [6.07, 6.45) is 2.67. The second kappa shape index (κ2) is 5.23. The van der Waals surface area contributed by atoms with Crippen LogP contribution in [-0.2, 0) is 0 Å². The van der Waals surface area contributed by atoms with Gasteiger partial charge in [-0.25, -0.2) is 0 Å². The summed E-state index contributed by atoms with van der Waals surface area (Å²) in [5.41, 5.74) is 2.58. The molecule has 112 valence electrons. The third-order valence-corrected chi connectivity index (χ3v) is 5.60. The van der Waals surface area contributed by atoms with Crippen molar-refractivity contribution < 1.29 is 0 Å². The summed E-state index contributed by atoms with van der Waals surface area (Å²) in [6, 6.07) is 2.72. The number of piperazine rings is 1. The van der Waals surface area contributed by atoms with E-state index in [9.17, 15) is 0 Å². The van der Waals surface area contributed by atoms with Gasteiger partial charge >= 0.3 is 0 Å². The number of anilines is 1. The number of hydrogen-bond acceptors (Lipinski definition) is 5. The maximum atomic E-state index is 6.50. The van der Waals surface area contributed by atoms with Crippen molar-refractivity contribution >= 4 is 51.7 Å². The second-order valence-electron chi connectivity index (χ2n) is 6.00. The van der Waals surface area contributed by atoms with Crippen LogP contribution >= 0.6 is 34.9 Å². The Morgan fingerprint density at radius 2 is 2.00 bits per heavy atom. The summed E-state index contributed by atoms with van der Waals surface area (Å²) < 4.78 is 8.74. The average molecular weight is 343 g/mol.